The third kappa shape index (κ3) is 9.51. The number of aromatic amines is 2. The molecule has 0 atom stereocenters. The van der Waals surface area contributed by atoms with E-state index in [1.54, 1.807) is 14.2 Å². The van der Waals surface area contributed by atoms with E-state index >= 15 is 0 Å². The predicted molar refractivity (Wildman–Crippen MR) is 262 cm³/mol. The molecule has 3 aromatic heterocycles. The smallest absolute Gasteiger partial charge is 0.183 e. The molecule has 2 aromatic carbocycles. The molecule has 316 valence electrons. The van der Waals surface area contributed by atoms with Crippen LogP contribution in [0.3, 0.4) is 0 Å². The number of ether oxygens (including phenoxy) is 2. The number of hydrogen-bond donors (Lipinski definition) is 2. The third-order valence-corrected chi connectivity index (χ3v) is 12.3. The van der Waals surface area contributed by atoms with Crippen LogP contribution in [0.25, 0.3) is 55.5 Å². The molecule has 5 aromatic rings. The quantitative estimate of drug-likeness (QED) is 0.109. The Bertz CT molecular complexity index is 2980. The zero-order chi connectivity index (χ0) is 44.6. The van der Waals surface area contributed by atoms with Crippen LogP contribution in [0.4, 0.5) is 0 Å². The first-order valence-electron chi connectivity index (χ1n) is 22.0. The van der Waals surface area contributed by atoms with E-state index in [4.69, 9.17) is 19.4 Å². The Morgan fingerprint density at radius 2 is 1.02 bits per heavy atom. The number of nitrogens with zero attached hydrogens (tertiary/aromatic N) is 2. The molecule has 0 unspecified atom stereocenters. The summed E-state index contributed by atoms with van der Waals surface area (Å²) in [6.07, 6.45) is 6.12. The van der Waals surface area contributed by atoms with Crippen LogP contribution < -0.4 is 0 Å². The van der Waals surface area contributed by atoms with Crippen LogP contribution in [0.2, 0.25) is 0 Å². The van der Waals surface area contributed by atoms with Gasteiger partial charge in [0.05, 0.1) is 22.8 Å². The largest absolute Gasteiger partial charge is 0.355 e. The van der Waals surface area contributed by atoms with Crippen LogP contribution in [-0.4, -0.2) is 34.2 Å². The van der Waals surface area contributed by atoms with Gasteiger partial charge in [-0.3, -0.25) is 0 Å². The predicted octanol–water partition coefficient (Wildman–Crippen LogP) is 12.9. The molecule has 2 aliphatic rings. The fourth-order valence-electron chi connectivity index (χ4n) is 8.35. The standard InChI is InChI=1S/C57H56N4O2/c1-11-13-29-46-40(7)50-33-48-36(3)38(5)55(60-48)54(56-39(6)37(4)49(61-56)34-51-41(8)47(30-14-12-2)53(59-51)35-52(46)58-50)44-27-21-25-42(31-44)23-19-17-15-16-18-20-24-43-26-22-28-45(32-43)57(62-9)63-10/h21-22,25-28,31-35,57-59H,11-14,29-30H2,1-10H3. The molecule has 2 N–H and O–H groups in total. The molecule has 5 heterocycles. The lowest BCUT2D eigenvalue weighted by Gasteiger charge is -2.13. The lowest BCUT2D eigenvalue weighted by molar-refractivity contribution is -0.106. The van der Waals surface area contributed by atoms with E-state index in [2.05, 4.69) is 143 Å². The van der Waals surface area contributed by atoms with Gasteiger partial charge in [-0.2, -0.15) is 0 Å². The highest BCUT2D eigenvalue weighted by Crippen LogP contribution is 2.42. The molecule has 0 radical (unpaired) electrons. The van der Waals surface area contributed by atoms with Crippen LogP contribution >= 0.6 is 0 Å². The fraction of sp³-hybridized carbons (Fsp3) is 0.298. The van der Waals surface area contributed by atoms with Crippen molar-refractivity contribution in [2.75, 3.05) is 14.2 Å². The van der Waals surface area contributed by atoms with Crippen molar-refractivity contribution in [3.8, 4) is 58.5 Å². The molecule has 6 nitrogen and oxygen atoms in total. The van der Waals surface area contributed by atoms with E-state index in [9.17, 15) is 0 Å². The number of nitrogens with one attached hydrogen (secondary N) is 2. The highest BCUT2D eigenvalue weighted by molar-refractivity contribution is 6.01. The molecule has 0 amide bonds. The normalized spacial score (nSPS) is 12.0. The monoisotopic (exact) mass is 828 g/mol. The second-order valence-corrected chi connectivity index (χ2v) is 16.3. The Labute approximate surface area is 373 Å². The van der Waals surface area contributed by atoms with Gasteiger partial charge in [-0.25, -0.2) is 9.97 Å². The van der Waals surface area contributed by atoms with Crippen molar-refractivity contribution in [2.45, 2.75) is 100 Å². The van der Waals surface area contributed by atoms with Crippen molar-refractivity contribution in [3.05, 3.63) is 128 Å². The van der Waals surface area contributed by atoms with Crippen LogP contribution in [0.15, 0.2) is 66.7 Å². The summed E-state index contributed by atoms with van der Waals surface area (Å²) in [5.74, 6) is 23.5. The molecule has 63 heavy (non-hydrogen) atoms. The molecular formula is C57H56N4O2. The van der Waals surface area contributed by atoms with Gasteiger partial charge in [0.15, 0.2) is 6.29 Å². The minimum atomic E-state index is -0.447. The summed E-state index contributed by atoms with van der Waals surface area (Å²) in [6, 6.07) is 22.8. The van der Waals surface area contributed by atoms with E-state index < -0.39 is 6.29 Å². The molecule has 0 spiro atoms. The summed E-state index contributed by atoms with van der Waals surface area (Å²) in [7, 11) is 3.21. The second kappa shape index (κ2) is 19.9. The van der Waals surface area contributed by atoms with Crippen molar-refractivity contribution < 1.29 is 9.47 Å². The first-order valence-corrected chi connectivity index (χ1v) is 22.0. The maximum Gasteiger partial charge on any atom is 0.183 e. The van der Waals surface area contributed by atoms with Crippen LogP contribution in [0.5, 0.6) is 0 Å². The number of hydrogen-bond acceptors (Lipinski definition) is 4. The summed E-state index contributed by atoms with van der Waals surface area (Å²) in [6.45, 7) is 17.7. The number of methoxy groups -OCH3 is 2. The average Bonchev–Trinajstić information content (AvgIpc) is 3.94. The maximum atomic E-state index is 5.45. The van der Waals surface area contributed by atoms with Crippen LogP contribution in [0.1, 0.15) is 135 Å². The Morgan fingerprint density at radius 1 is 0.540 bits per heavy atom. The first-order chi connectivity index (χ1) is 30.6. The Kier molecular flexibility index (Phi) is 14.0. The Balaban J connectivity index is 1.37. The molecule has 0 aliphatic carbocycles. The van der Waals surface area contributed by atoms with Gasteiger partial charge in [-0.1, -0.05) is 62.8 Å². The van der Waals surface area contributed by atoms with Crippen molar-refractivity contribution in [1.29, 1.82) is 0 Å². The molecule has 8 bridgehead atoms. The lowest BCUT2D eigenvalue weighted by atomic mass is 9.94. The second-order valence-electron chi connectivity index (χ2n) is 16.3. The molecule has 0 saturated heterocycles. The Hall–Kier alpha value is -6.80. The highest BCUT2D eigenvalue weighted by atomic mass is 16.7. The Morgan fingerprint density at radius 3 is 1.51 bits per heavy atom. The molecule has 0 fully saturated rings. The number of fused-ring (bicyclic) bond motifs is 8. The fourth-order valence-corrected chi connectivity index (χ4v) is 8.35. The molecule has 7 rings (SSSR count). The van der Waals surface area contributed by atoms with Crippen molar-refractivity contribution in [3.63, 3.8) is 0 Å². The van der Waals surface area contributed by atoms with Crippen molar-refractivity contribution in [2.24, 2.45) is 0 Å². The first kappa shape index (κ1) is 44.3. The van der Waals surface area contributed by atoms with E-state index in [0.717, 1.165) is 122 Å². The van der Waals surface area contributed by atoms with Crippen molar-refractivity contribution in [1.82, 2.24) is 19.9 Å². The van der Waals surface area contributed by atoms with Gasteiger partial charge < -0.3 is 19.4 Å². The van der Waals surface area contributed by atoms with Gasteiger partial charge in [0.25, 0.3) is 0 Å². The minimum Gasteiger partial charge on any atom is -0.355 e. The van der Waals surface area contributed by atoms with Crippen LogP contribution in [0, 0.1) is 61.2 Å². The number of benzene rings is 2. The molecule has 0 saturated carbocycles. The zero-order valence-electron chi connectivity index (χ0n) is 38.4. The van der Waals surface area contributed by atoms with Gasteiger partial charge in [0, 0.05) is 58.5 Å². The lowest BCUT2D eigenvalue weighted by Crippen LogP contribution is -2.03. The van der Waals surface area contributed by atoms with Crippen molar-refractivity contribution >= 4 is 44.4 Å². The summed E-state index contributed by atoms with van der Waals surface area (Å²) in [5, 5.41) is 0. The number of unbranched alkanes of at least 4 members (excludes halogenated alkanes) is 2. The third-order valence-electron chi connectivity index (χ3n) is 12.3. The maximum absolute atomic E-state index is 5.45. The summed E-state index contributed by atoms with van der Waals surface area (Å²) in [4.78, 5) is 18.6. The summed E-state index contributed by atoms with van der Waals surface area (Å²) < 4.78 is 10.7. The molecule has 6 heteroatoms. The number of allylic oxidation sites excluding steroid dienone is 4. The molecule has 2 aliphatic heterocycles. The van der Waals surface area contributed by atoms with Gasteiger partial charge >= 0.3 is 0 Å². The highest BCUT2D eigenvalue weighted by Gasteiger charge is 2.25. The average molecular weight is 829 g/mol. The SMILES string of the molecule is CCCCc1c(C)c2cc3nc(c(-c4cccc(C#CC#CC#CC#Cc5cccc(C(OC)OC)c5)c4)c4nc(cc5[nH]c(cc1[nH]2)c(CCCC)c5C)C(C)=C4C)C(C)=C3C. The summed E-state index contributed by atoms with van der Waals surface area (Å²) in [5.41, 5.74) is 22.7. The zero-order valence-corrected chi connectivity index (χ0v) is 38.4. The number of H-pyrrole nitrogens is 2. The van der Waals surface area contributed by atoms with E-state index in [-0.39, 0.29) is 0 Å². The molecular weight excluding hydrogens is 773 g/mol. The topological polar surface area (TPSA) is 75.8 Å². The number of aromatic nitrogens is 4. The van der Waals surface area contributed by atoms with Gasteiger partial charge in [-0.05, 0) is 195 Å². The van der Waals surface area contributed by atoms with E-state index in [0.29, 0.717) is 0 Å². The van der Waals surface area contributed by atoms with E-state index in [1.807, 2.05) is 36.4 Å². The number of aryl methyl sites for hydroxylation is 4. The number of rotatable bonds is 10. The van der Waals surface area contributed by atoms with Gasteiger partial charge in [0.2, 0.25) is 0 Å². The van der Waals surface area contributed by atoms with E-state index in [1.165, 1.54) is 33.3 Å². The van der Waals surface area contributed by atoms with Crippen LogP contribution in [-0.2, 0) is 22.3 Å². The minimum absolute atomic E-state index is 0.447. The summed E-state index contributed by atoms with van der Waals surface area (Å²) >= 11 is 0. The van der Waals surface area contributed by atoms with Gasteiger partial charge in [0.1, 0.15) is 0 Å². The van der Waals surface area contributed by atoms with Gasteiger partial charge in [-0.15, -0.1) is 0 Å².